The minimum absolute atomic E-state index is 0.0134. The number of nitrogens with zero attached hydrogens (tertiary/aromatic N) is 4. The smallest absolute Gasteiger partial charge is 0.387 e. The highest BCUT2D eigenvalue weighted by atomic mass is 35.5. The Hall–Kier alpha value is -1.10. The van der Waals surface area contributed by atoms with E-state index < -0.39 is 60.1 Å². The second-order valence-corrected chi connectivity index (χ2v) is 11.2. The number of ether oxygens (including phenoxy) is 1. The molecule has 0 spiro atoms. The van der Waals surface area contributed by atoms with Crippen LogP contribution in [-0.2, 0) is 31.6 Å². The van der Waals surface area contributed by atoms with E-state index in [1.165, 1.54) is 7.05 Å². The molecule has 1 aromatic rings. The molecule has 1 aliphatic heterocycles. The molecule has 0 aromatic carbocycles. The van der Waals surface area contributed by atoms with E-state index in [0.29, 0.717) is 0 Å². The number of aliphatic hydroxyl groups excluding tert-OH is 1. The van der Waals surface area contributed by atoms with Crippen molar-refractivity contribution in [3.05, 3.63) is 12.0 Å². The van der Waals surface area contributed by atoms with Crippen molar-refractivity contribution in [2.24, 2.45) is 15.7 Å². The molecule has 0 radical (unpaired) electrons. The van der Waals surface area contributed by atoms with Crippen LogP contribution in [0.4, 0.5) is 10.2 Å². The zero-order chi connectivity index (χ0) is 26.1. The predicted molar refractivity (Wildman–Crippen MR) is 112 cm³/mol. The van der Waals surface area contributed by atoms with Gasteiger partial charge in [0.05, 0.1) is 18.8 Å². The van der Waals surface area contributed by atoms with E-state index in [0.717, 1.165) is 10.9 Å². The van der Waals surface area contributed by atoms with Crippen LogP contribution in [0.5, 0.6) is 0 Å². The summed E-state index contributed by atoms with van der Waals surface area (Å²) < 4.78 is 67.2. The van der Waals surface area contributed by atoms with Crippen LogP contribution in [-0.4, -0.2) is 84.2 Å². The molecule has 0 bridgehead atoms. The van der Waals surface area contributed by atoms with Gasteiger partial charge in [-0.1, -0.05) is 0 Å². The minimum Gasteiger partial charge on any atom is -0.387 e. The third-order valence-electron chi connectivity index (χ3n) is 4.26. The van der Waals surface area contributed by atoms with Crippen LogP contribution in [0.25, 0.3) is 0 Å². The highest BCUT2D eigenvalue weighted by Crippen LogP contribution is 2.66. The molecular formula is C12H20ClFN5O12P3. The average molecular weight is 574 g/mol. The highest BCUT2D eigenvalue weighted by molar-refractivity contribution is 7.66. The number of imidazole rings is 1. The van der Waals surface area contributed by atoms with E-state index in [-0.39, 0.29) is 17.3 Å². The molecule has 0 aliphatic carbocycles. The number of aliphatic imine (C=N–C) groups is 2. The van der Waals surface area contributed by atoms with Crippen molar-refractivity contribution >= 4 is 53.4 Å². The number of phosphoric ester groups is 1. The lowest BCUT2D eigenvalue weighted by Crippen LogP contribution is -2.47. The summed E-state index contributed by atoms with van der Waals surface area (Å²) in [6, 6.07) is 0. The van der Waals surface area contributed by atoms with Crippen LogP contribution >= 0.6 is 35.1 Å². The third kappa shape index (κ3) is 6.56. The van der Waals surface area contributed by atoms with Gasteiger partial charge in [-0.25, -0.2) is 28.1 Å². The number of aliphatic hydroxyl groups is 1. The van der Waals surface area contributed by atoms with E-state index in [4.69, 9.17) is 31.9 Å². The Balaban J connectivity index is 2.27. The Labute approximate surface area is 195 Å². The Morgan fingerprint density at radius 2 is 1.97 bits per heavy atom. The fourth-order valence-corrected chi connectivity index (χ4v) is 6.15. The molecule has 194 valence electrons. The van der Waals surface area contributed by atoms with E-state index in [1.54, 1.807) is 0 Å². The quantitative estimate of drug-likeness (QED) is 0.0888. The maximum absolute atomic E-state index is 15.0. The maximum atomic E-state index is 15.0. The van der Waals surface area contributed by atoms with Crippen molar-refractivity contribution in [3.63, 3.8) is 0 Å². The lowest BCUT2D eigenvalue weighted by molar-refractivity contribution is -0.111. The Morgan fingerprint density at radius 1 is 1.35 bits per heavy atom. The lowest BCUT2D eigenvalue weighted by atomic mass is 9.99. The van der Waals surface area contributed by atoms with Crippen LogP contribution in [0.15, 0.2) is 16.3 Å². The molecule has 6 atom stereocenters. The second kappa shape index (κ2) is 10.5. The van der Waals surface area contributed by atoms with Gasteiger partial charge in [0, 0.05) is 7.05 Å². The number of nitrogens with two attached hydrogens (primary N) is 1. The molecule has 0 amide bonds. The molecule has 22 heteroatoms. The van der Waals surface area contributed by atoms with Crippen molar-refractivity contribution < 1.29 is 60.6 Å². The van der Waals surface area contributed by atoms with E-state index in [9.17, 15) is 28.6 Å². The molecule has 2 unspecified atom stereocenters. The van der Waals surface area contributed by atoms with Crippen molar-refractivity contribution in [1.82, 2.24) is 9.55 Å². The van der Waals surface area contributed by atoms with Crippen molar-refractivity contribution in [2.45, 2.75) is 24.1 Å². The zero-order valence-electron chi connectivity index (χ0n) is 17.0. The predicted octanol–water partition coefficient (Wildman–Crippen LogP) is 0.0990. The first-order chi connectivity index (χ1) is 15.5. The fourth-order valence-electron chi connectivity index (χ4n) is 2.78. The normalized spacial score (nSPS) is 29.5. The average Bonchev–Trinajstić information content (AvgIpc) is 3.23. The standard InChI is InChI=1S/C12H20ClFN5O12P3/c1-16-9(15)7-10(17-2)19(5-18-7)11-6(14)8(20)12(3-13,29-11)4-28-33(24,25)31-34(26,27)30-32(21,22)23/h5-6,8,11,20H,2-4H2,1H3,(H2,15,16)(H,24,25)(H,26,27)(H2,21,22,23)/t6-,8+,11-,12-/m1/s1. The van der Waals surface area contributed by atoms with Crippen molar-refractivity contribution in [3.8, 4) is 0 Å². The molecule has 7 N–H and O–H groups in total. The van der Waals surface area contributed by atoms with Crippen LogP contribution in [0, 0.1) is 0 Å². The van der Waals surface area contributed by atoms with Gasteiger partial charge in [-0.2, -0.15) is 8.62 Å². The molecule has 1 aromatic heterocycles. The molecular weight excluding hydrogens is 554 g/mol. The van der Waals surface area contributed by atoms with Gasteiger partial charge < -0.3 is 35.2 Å². The van der Waals surface area contributed by atoms with E-state index >= 15 is 4.39 Å². The zero-order valence-corrected chi connectivity index (χ0v) is 20.4. The Morgan fingerprint density at radius 3 is 2.47 bits per heavy atom. The third-order valence-corrected chi connectivity index (χ3v) is 8.49. The molecule has 1 aliphatic rings. The molecule has 1 saturated heterocycles. The Bertz CT molecular complexity index is 1100. The maximum Gasteiger partial charge on any atom is 0.490 e. The van der Waals surface area contributed by atoms with Crippen LogP contribution in [0.2, 0.25) is 0 Å². The number of hydrogen-bond donors (Lipinski definition) is 6. The van der Waals surface area contributed by atoms with Crippen molar-refractivity contribution in [2.75, 3.05) is 19.5 Å². The molecule has 17 nitrogen and oxygen atoms in total. The molecule has 34 heavy (non-hydrogen) atoms. The van der Waals surface area contributed by atoms with Crippen LogP contribution < -0.4 is 5.73 Å². The SMILES string of the molecule is C=Nc1c(C(N)=NC)ncn1[C@@H]1O[C@](CCl)(COP(=O)(O)OP(=O)(O)OP(=O)(O)O)[C@@H](O)[C@H]1F. The molecule has 2 heterocycles. The summed E-state index contributed by atoms with van der Waals surface area (Å²) in [5.74, 6) is -0.912. The van der Waals surface area contributed by atoms with Gasteiger partial charge in [0.2, 0.25) is 0 Å². The number of hydrogen-bond acceptors (Lipinski definition) is 11. The molecule has 2 rings (SSSR count). The van der Waals surface area contributed by atoms with Gasteiger partial charge in [0.1, 0.15) is 23.2 Å². The first-order valence-electron chi connectivity index (χ1n) is 8.62. The van der Waals surface area contributed by atoms with Gasteiger partial charge in [0.25, 0.3) is 0 Å². The Kier molecular flexibility index (Phi) is 8.98. The summed E-state index contributed by atoms with van der Waals surface area (Å²) in [4.78, 5) is 47.3. The number of aromatic nitrogens is 2. The van der Waals surface area contributed by atoms with E-state index in [1.807, 2.05) is 0 Å². The van der Waals surface area contributed by atoms with Crippen LogP contribution in [0.3, 0.4) is 0 Å². The summed E-state index contributed by atoms with van der Waals surface area (Å²) in [6.07, 6.45) is -4.97. The topological polar surface area (TPSA) is 258 Å². The van der Waals surface area contributed by atoms with Gasteiger partial charge in [0.15, 0.2) is 18.2 Å². The number of amidine groups is 1. The van der Waals surface area contributed by atoms with Gasteiger partial charge in [-0.15, -0.1) is 11.6 Å². The molecule has 1 fully saturated rings. The summed E-state index contributed by atoms with van der Waals surface area (Å²) >= 11 is 5.80. The first-order valence-corrected chi connectivity index (χ1v) is 13.7. The van der Waals surface area contributed by atoms with Gasteiger partial charge >= 0.3 is 23.5 Å². The first kappa shape index (κ1) is 29.1. The fraction of sp³-hybridized carbons (Fsp3) is 0.583. The van der Waals surface area contributed by atoms with Crippen molar-refractivity contribution in [1.29, 1.82) is 0 Å². The summed E-state index contributed by atoms with van der Waals surface area (Å²) in [6.45, 7) is 2.13. The number of phosphoric acid groups is 3. The number of halogens is 2. The van der Waals surface area contributed by atoms with Gasteiger partial charge in [-0.05, 0) is 6.72 Å². The number of rotatable bonds is 11. The number of alkyl halides is 2. The molecule has 0 saturated carbocycles. The second-order valence-electron chi connectivity index (χ2n) is 6.55. The summed E-state index contributed by atoms with van der Waals surface area (Å²) in [7, 11) is -15.7. The van der Waals surface area contributed by atoms with E-state index in [2.05, 4.69) is 34.8 Å². The largest absolute Gasteiger partial charge is 0.490 e. The van der Waals surface area contributed by atoms with Gasteiger partial charge in [-0.3, -0.25) is 14.1 Å². The highest BCUT2D eigenvalue weighted by Gasteiger charge is 2.57. The summed E-state index contributed by atoms with van der Waals surface area (Å²) in [5, 5.41) is 10.4. The lowest BCUT2D eigenvalue weighted by Gasteiger charge is -2.30. The minimum atomic E-state index is -5.80. The van der Waals surface area contributed by atoms with Crippen LogP contribution in [0.1, 0.15) is 11.9 Å². The monoisotopic (exact) mass is 573 g/mol. The summed E-state index contributed by atoms with van der Waals surface area (Å²) in [5.41, 5.74) is 3.48.